The fraction of sp³-hybridized carbons (Fsp3) is 0.533. The Morgan fingerprint density at radius 1 is 1.44 bits per heavy atom. The molecule has 1 aromatic rings. The van der Waals surface area contributed by atoms with Crippen molar-refractivity contribution in [3.63, 3.8) is 0 Å². The first-order valence-corrected chi connectivity index (χ1v) is 6.35. The first-order valence-electron chi connectivity index (χ1n) is 6.35. The summed E-state index contributed by atoms with van der Waals surface area (Å²) in [6.45, 7) is 4.00. The van der Waals surface area contributed by atoms with E-state index in [-0.39, 0.29) is 11.4 Å². The largest absolute Gasteiger partial charge is 0.469 e. The first-order chi connectivity index (χ1) is 8.40. The topological polar surface area (TPSA) is 52.3 Å². The van der Waals surface area contributed by atoms with Crippen LogP contribution in [0, 0.1) is 0 Å². The molecule has 1 atom stereocenters. The van der Waals surface area contributed by atoms with Crippen molar-refractivity contribution >= 4 is 5.97 Å². The number of aryl methyl sites for hydroxylation is 1. The maximum absolute atomic E-state index is 11.8. The lowest BCUT2D eigenvalue weighted by Crippen LogP contribution is -2.54. The third-order valence-electron chi connectivity index (χ3n) is 4.26. The molecule has 0 fully saturated rings. The van der Waals surface area contributed by atoms with E-state index < -0.39 is 5.54 Å². The Hall–Kier alpha value is -1.35. The number of fused-ring (bicyclic) bond motifs is 1. The lowest BCUT2D eigenvalue weighted by molar-refractivity contribution is -0.142. The molecule has 18 heavy (non-hydrogen) atoms. The van der Waals surface area contributed by atoms with Crippen molar-refractivity contribution in [2.75, 3.05) is 7.11 Å². The van der Waals surface area contributed by atoms with E-state index in [9.17, 15) is 4.79 Å². The van der Waals surface area contributed by atoms with Gasteiger partial charge < -0.3 is 10.5 Å². The fourth-order valence-corrected chi connectivity index (χ4v) is 3.09. The molecule has 0 radical (unpaired) electrons. The Morgan fingerprint density at radius 2 is 2.11 bits per heavy atom. The Balaban J connectivity index is 2.49. The van der Waals surface area contributed by atoms with Crippen LogP contribution in [0.25, 0.3) is 0 Å². The van der Waals surface area contributed by atoms with Crippen molar-refractivity contribution in [1.29, 1.82) is 0 Å². The normalized spacial score (nSPS) is 22.7. The first kappa shape index (κ1) is 13.1. The summed E-state index contributed by atoms with van der Waals surface area (Å²) < 4.78 is 4.85. The number of hydrogen-bond acceptors (Lipinski definition) is 3. The molecule has 2 rings (SSSR count). The van der Waals surface area contributed by atoms with E-state index in [1.807, 2.05) is 26.0 Å². The lowest BCUT2D eigenvalue weighted by Gasteiger charge is -2.42. The number of nitrogens with two attached hydrogens (primary N) is 1. The average molecular weight is 247 g/mol. The van der Waals surface area contributed by atoms with E-state index in [4.69, 9.17) is 10.5 Å². The third-order valence-corrected chi connectivity index (χ3v) is 4.26. The van der Waals surface area contributed by atoms with Gasteiger partial charge in [0.15, 0.2) is 0 Å². The summed E-state index contributed by atoms with van der Waals surface area (Å²) >= 11 is 0. The van der Waals surface area contributed by atoms with Gasteiger partial charge in [0.25, 0.3) is 0 Å². The maximum Gasteiger partial charge on any atom is 0.306 e. The van der Waals surface area contributed by atoms with Crippen molar-refractivity contribution in [2.45, 2.75) is 44.1 Å². The molecule has 0 spiro atoms. The summed E-state index contributed by atoms with van der Waals surface area (Å²) in [6.07, 6.45) is 2.24. The standard InChI is InChI=1S/C15H21NO2/c1-14(2,16)15(10-13(17)18-3)9-8-11-6-4-5-7-12(11)15/h4-7H,8-10,16H2,1-3H3. The Kier molecular flexibility index (Phi) is 3.20. The van der Waals surface area contributed by atoms with E-state index in [0.29, 0.717) is 6.42 Å². The highest BCUT2D eigenvalue weighted by atomic mass is 16.5. The van der Waals surface area contributed by atoms with Gasteiger partial charge in [0.05, 0.1) is 13.5 Å². The highest BCUT2D eigenvalue weighted by molar-refractivity contribution is 5.72. The van der Waals surface area contributed by atoms with Crippen molar-refractivity contribution in [3.8, 4) is 0 Å². The van der Waals surface area contributed by atoms with Gasteiger partial charge in [0, 0.05) is 11.0 Å². The third kappa shape index (κ3) is 1.93. The number of hydrogen-bond donors (Lipinski definition) is 1. The number of benzene rings is 1. The Morgan fingerprint density at radius 3 is 2.72 bits per heavy atom. The molecule has 1 aliphatic rings. The van der Waals surface area contributed by atoms with Crippen LogP contribution in [0.15, 0.2) is 24.3 Å². The number of carbonyl (C=O) groups is 1. The van der Waals surface area contributed by atoms with E-state index >= 15 is 0 Å². The lowest BCUT2D eigenvalue weighted by atomic mass is 9.66. The van der Waals surface area contributed by atoms with Crippen LogP contribution >= 0.6 is 0 Å². The molecule has 0 aliphatic heterocycles. The SMILES string of the molecule is COC(=O)CC1(C(C)(C)N)CCc2ccccc21. The molecule has 1 aromatic carbocycles. The number of carbonyl (C=O) groups excluding carboxylic acids is 1. The van der Waals surface area contributed by atoms with Gasteiger partial charge in [-0.1, -0.05) is 24.3 Å². The minimum atomic E-state index is -0.451. The Labute approximate surface area is 108 Å². The van der Waals surface area contributed by atoms with E-state index in [2.05, 4.69) is 12.1 Å². The van der Waals surface area contributed by atoms with Crippen molar-refractivity contribution in [2.24, 2.45) is 5.73 Å². The van der Waals surface area contributed by atoms with Crippen molar-refractivity contribution in [1.82, 2.24) is 0 Å². The van der Waals surface area contributed by atoms with Gasteiger partial charge in [0.2, 0.25) is 0 Å². The maximum atomic E-state index is 11.8. The summed E-state index contributed by atoms with van der Waals surface area (Å²) in [7, 11) is 1.43. The van der Waals surface area contributed by atoms with Gasteiger partial charge in [-0.05, 0) is 37.8 Å². The van der Waals surface area contributed by atoms with Gasteiger partial charge in [-0.15, -0.1) is 0 Å². The second-order valence-electron chi connectivity index (χ2n) is 5.71. The fourth-order valence-electron chi connectivity index (χ4n) is 3.09. The molecular formula is C15H21NO2. The van der Waals surface area contributed by atoms with Gasteiger partial charge >= 0.3 is 5.97 Å². The monoisotopic (exact) mass is 247 g/mol. The van der Waals surface area contributed by atoms with Gasteiger partial charge in [-0.2, -0.15) is 0 Å². The van der Waals surface area contributed by atoms with Crippen molar-refractivity contribution in [3.05, 3.63) is 35.4 Å². The predicted molar refractivity (Wildman–Crippen MR) is 71.3 cm³/mol. The molecule has 0 heterocycles. The van der Waals surface area contributed by atoms with Crippen LogP contribution in [-0.2, 0) is 21.4 Å². The smallest absolute Gasteiger partial charge is 0.306 e. The zero-order valence-corrected chi connectivity index (χ0v) is 11.3. The quantitative estimate of drug-likeness (QED) is 0.833. The van der Waals surface area contributed by atoms with Gasteiger partial charge in [-0.3, -0.25) is 4.79 Å². The summed E-state index contributed by atoms with van der Waals surface area (Å²) in [6, 6.07) is 8.28. The van der Waals surface area contributed by atoms with E-state index in [0.717, 1.165) is 12.8 Å². The average Bonchev–Trinajstić information content (AvgIpc) is 2.69. The summed E-state index contributed by atoms with van der Waals surface area (Å²) in [4.78, 5) is 11.8. The van der Waals surface area contributed by atoms with Crippen molar-refractivity contribution < 1.29 is 9.53 Å². The summed E-state index contributed by atoms with van der Waals surface area (Å²) in [5, 5.41) is 0. The molecular weight excluding hydrogens is 226 g/mol. The highest BCUT2D eigenvalue weighted by Gasteiger charge is 2.49. The molecule has 3 heteroatoms. The van der Waals surface area contributed by atoms with Crippen LogP contribution in [-0.4, -0.2) is 18.6 Å². The molecule has 0 saturated heterocycles. The molecule has 0 amide bonds. The van der Waals surface area contributed by atoms with Crippen LogP contribution < -0.4 is 5.73 Å². The highest BCUT2D eigenvalue weighted by Crippen LogP contribution is 2.47. The second-order valence-corrected chi connectivity index (χ2v) is 5.71. The zero-order valence-electron chi connectivity index (χ0n) is 11.3. The minimum Gasteiger partial charge on any atom is -0.469 e. The van der Waals surface area contributed by atoms with Gasteiger partial charge in [0.1, 0.15) is 0 Å². The van der Waals surface area contributed by atoms with Gasteiger partial charge in [-0.25, -0.2) is 0 Å². The summed E-state index contributed by atoms with van der Waals surface area (Å²) in [5.74, 6) is -0.190. The number of methoxy groups -OCH3 is 1. The molecule has 1 aliphatic carbocycles. The number of esters is 1. The minimum absolute atomic E-state index is 0.190. The van der Waals surface area contributed by atoms with Crippen LogP contribution in [0.3, 0.4) is 0 Å². The Bertz CT molecular complexity index is 462. The molecule has 2 N–H and O–H groups in total. The van der Waals surface area contributed by atoms with Crippen LogP contribution in [0.4, 0.5) is 0 Å². The van der Waals surface area contributed by atoms with E-state index in [1.165, 1.54) is 18.2 Å². The van der Waals surface area contributed by atoms with Crippen LogP contribution in [0.5, 0.6) is 0 Å². The summed E-state index contributed by atoms with van der Waals surface area (Å²) in [5.41, 5.74) is 8.14. The molecule has 1 unspecified atom stereocenters. The van der Waals surface area contributed by atoms with E-state index in [1.54, 1.807) is 0 Å². The van der Waals surface area contributed by atoms with Crippen LogP contribution in [0.2, 0.25) is 0 Å². The zero-order chi connectivity index (χ0) is 13.4. The predicted octanol–water partition coefficient (Wildman–Crippen LogP) is 2.17. The molecule has 0 bridgehead atoms. The number of rotatable bonds is 3. The molecule has 3 nitrogen and oxygen atoms in total. The molecule has 98 valence electrons. The van der Waals surface area contributed by atoms with Crippen LogP contribution in [0.1, 0.15) is 37.8 Å². The molecule has 0 saturated carbocycles. The second kappa shape index (κ2) is 4.39. The number of ether oxygens (including phenoxy) is 1. The molecule has 0 aromatic heterocycles.